The summed E-state index contributed by atoms with van der Waals surface area (Å²) in [6, 6.07) is 6.83. The molecule has 1 aromatic carbocycles. The van der Waals surface area contributed by atoms with Crippen molar-refractivity contribution in [3.05, 3.63) is 35.9 Å². The first-order valence-electron chi connectivity index (χ1n) is 9.55. The van der Waals surface area contributed by atoms with Crippen LogP contribution in [0.3, 0.4) is 0 Å². The maximum Gasteiger partial charge on any atom is 0.271 e. The number of anilines is 3. The molecule has 3 aromatic rings. The Morgan fingerprint density at radius 1 is 1.26 bits per heavy atom. The number of ether oxygens (including phenoxy) is 2. The maximum atomic E-state index is 11.7. The van der Waals surface area contributed by atoms with Gasteiger partial charge < -0.3 is 30.8 Å². The number of carbonyl (C=O) groups excluding carboxylic acids is 1. The molecule has 162 valence electrons. The van der Waals surface area contributed by atoms with Gasteiger partial charge in [-0.05, 0) is 12.1 Å². The third-order valence-electron chi connectivity index (χ3n) is 4.71. The number of nitrogens with one attached hydrogen (secondary N) is 1. The smallest absolute Gasteiger partial charge is 0.271 e. The summed E-state index contributed by atoms with van der Waals surface area (Å²) in [7, 11) is 1.52. The zero-order valence-electron chi connectivity index (χ0n) is 16.9. The molecule has 1 fully saturated rings. The maximum absolute atomic E-state index is 11.7. The minimum atomic E-state index is -0.740. The van der Waals surface area contributed by atoms with Gasteiger partial charge in [-0.1, -0.05) is 11.2 Å². The molecule has 1 saturated heterocycles. The van der Waals surface area contributed by atoms with Crippen molar-refractivity contribution in [2.45, 2.75) is 6.54 Å². The van der Waals surface area contributed by atoms with Crippen LogP contribution in [0.2, 0.25) is 0 Å². The lowest BCUT2D eigenvalue weighted by molar-refractivity contribution is 0.0297. The molecule has 0 aliphatic carbocycles. The van der Waals surface area contributed by atoms with Gasteiger partial charge in [0.05, 0.1) is 43.8 Å². The van der Waals surface area contributed by atoms with E-state index in [2.05, 4.69) is 30.6 Å². The summed E-state index contributed by atoms with van der Waals surface area (Å²) in [5.41, 5.74) is 12.5. The highest BCUT2D eigenvalue weighted by Crippen LogP contribution is 2.37. The minimum Gasteiger partial charge on any atom is -0.494 e. The van der Waals surface area contributed by atoms with Gasteiger partial charge in [0, 0.05) is 19.2 Å². The van der Waals surface area contributed by atoms with Gasteiger partial charge in [-0.2, -0.15) is 4.98 Å². The number of carbonyl (C=O) groups is 1. The van der Waals surface area contributed by atoms with Crippen LogP contribution in [0.1, 0.15) is 16.4 Å². The first kappa shape index (κ1) is 20.5. The monoisotopic (exact) mass is 426 g/mol. The Morgan fingerprint density at radius 3 is 2.81 bits per heavy atom. The van der Waals surface area contributed by atoms with Crippen molar-refractivity contribution < 1.29 is 18.8 Å². The highest BCUT2D eigenvalue weighted by molar-refractivity contribution is 5.97. The first-order chi connectivity index (χ1) is 15.0. The number of methoxy groups -OCH3 is 1. The highest BCUT2D eigenvalue weighted by atomic mass is 16.5. The molecule has 2 aromatic heterocycles. The third kappa shape index (κ3) is 4.54. The molecule has 31 heavy (non-hydrogen) atoms. The van der Waals surface area contributed by atoms with Crippen molar-refractivity contribution in [1.82, 2.24) is 25.2 Å². The highest BCUT2D eigenvalue weighted by Gasteiger charge is 2.20. The molecule has 0 atom stereocenters. The summed E-state index contributed by atoms with van der Waals surface area (Å²) < 4.78 is 16.4. The van der Waals surface area contributed by atoms with E-state index in [1.165, 1.54) is 13.2 Å². The van der Waals surface area contributed by atoms with Crippen molar-refractivity contribution in [1.29, 1.82) is 0 Å². The number of aromatic nitrogens is 4. The molecule has 1 amide bonds. The van der Waals surface area contributed by atoms with Gasteiger partial charge in [-0.15, -0.1) is 10.2 Å². The fourth-order valence-corrected chi connectivity index (χ4v) is 3.24. The number of rotatable bonds is 7. The third-order valence-corrected chi connectivity index (χ3v) is 4.71. The standard InChI is InChI=1S/C19H22N8O4/c1-29-17-11(19-23-15(31-26-19)10-27-5-7-30-8-6-27)3-2-4-12(17)22-13-9-14(20)24-25-16(13)18(21)28/h2-4,9H,5-8,10H2,1H3,(H2,21,28)(H3,20,22,24). The number of nitrogen functional groups attached to an aromatic ring is 1. The second-order valence-corrected chi connectivity index (χ2v) is 6.81. The summed E-state index contributed by atoms with van der Waals surface area (Å²) in [5, 5.41) is 14.6. The molecule has 5 N–H and O–H groups in total. The van der Waals surface area contributed by atoms with E-state index in [9.17, 15) is 4.79 Å². The van der Waals surface area contributed by atoms with Gasteiger partial charge in [0.15, 0.2) is 11.4 Å². The number of benzene rings is 1. The van der Waals surface area contributed by atoms with Crippen LogP contribution >= 0.6 is 0 Å². The summed E-state index contributed by atoms with van der Waals surface area (Å²) in [4.78, 5) is 18.4. The predicted molar refractivity (Wildman–Crippen MR) is 111 cm³/mol. The molecule has 0 saturated carbocycles. The van der Waals surface area contributed by atoms with Gasteiger partial charge in [-0.25, -0.2) is 0 Å². The van der Waals surface area contributed by atoms with Crippen LogP contribution in [0.25, 0.3) is 11.4 Å². The summed E-state index contributed by atoms with van der Waals surface area (Å²) in [6.45, 7) is 3.53. The number of hydrogen-bond donors (Lipinski definition) is 3. The zero-order valence-corrected chi connectivity index (χ0v) is 16.9. The van der Waals surface area contributed by atoms with E-state index < -0.39 is 5.91 Å². The van der Waals surface area contributed by atoms with E-state index in [1.54, 1.807) is 12.1 Å². The molecular weight excluding hydrogens is 404 g/mol. The van der Waals surface area contributed by atoms with E-state index in [0.717, 1.165) is 13.1 Å². The van der Waals surface area contributed by atoms with Crippen LogP contribution in [0.4, 0.5) is 17.2 Å². The topological polar surface area (TPSA) is 168 Å². The molecular formula is C19H22N8O4. The average molecular weight is 426 g/mol. The lowest BCUT2D eigenvalue weighted by Crippen LogP contribution is -2.35. The molecule has 12 nitrogen and oxygen atoms in total. The largest absolute Gasteiger partial charge is 0.494 e. The van der Waals surface area contributed by atoms with Crippen LogP contribution < -0.4 is 21.5 Å². The Labute approximate surface area is 177 Å². The minimum absolute atomic E-state index is 0.0472. The Morgan fingerprint density at radius 2 is 2.06 bits per heavy atom. The Balaban J connectivity index is 1.62. The van der Waals surface area contributed by atoms with E-state index in [1.807, 2.05) is 6.07 Å². The summed E-state index contributed by atoms with van der Waals surface area (Å²) >= 11 is 0. The molecule has 3 heterocycles. The predicted octanol–water partition coefficient (Wildman–Crippen LogP) is 0.792. The van der Waals surface area contributed by atoms with E-state index in [4.69, 9.17) is 25.5 Å². The normalized spacial score (nSPS) is 14.4. The quantitative estimate of drug-likeness (QED) is 0.488. The van der Waals surface area contributed by atoms with Crippen molar-refractivity contribution in [2.24, 2.45) is 5.73 Å². The van der Waals surface area contributed by atoms with Gasteiger partial charge in [0.2, 0.25) is 11.7 Å². The number of morpholine rings is 1. The van der Waals surface area contributed by atoms with Crippen molar-refractivity contribution in [3.8, 4) is 17.1 Å². The van der Waals surface area contributed by atoms with Crippen LogP contribution in [0.15, 0.2) is 28.8 Å². The van der Waals surface area contributed by atoms with Crippen molar-refractivity contribution >= 4 is 23.1 Å². The van der Waals surface area contributed by atoms with E-state index >= 15 is 0 Å². The molecule has 0 unspecified atom stereocenters. The Bertz CT molecular complexity index is 1080. The van der Waals surface area contributed by atoms with Crippen molar-refractivity contribution in [3.63, 3.8) is 0 Å². The van der Waals surface area contributed by atoms with Crippen LogP contribution in [-0.4, -0.2) is 64.6 Å². The van der Waals surface area contributed by atoms with Crippen molar-refractivity contribution in [2.75, 3.05) is 44.5 Å². The summed E-state index contributed by atoms with van der Waals surface area (Å²) in [5.74, 6) is 0.724. The number of amides is 1. The van der Waals surface area contributed by atoms with Crippen LogP contribution in [0.5, 0.6) is 5.75 Å². The fraction of sp³-hybridized carbons (Fsp3) is 0.316. The molecule has 1 aliphatic heterocycles. The van der Waals surface area contributed by atoms with Gasteiger partial charge in [0.1, 0.15) is 5.82 Å². The molecule has 0 bridgehead atoms. The Hall–Kier alpha value is -3.77. The molecule has 0 radical (unpaired) electrons. The molecule has 0 spiro atoms. The van der Waals surface area contributed by atoms with E-state index in [-0.39, 0.29) is 11.5 Å². The Kier molecular flexibility index (Phi) is 5.91. The average Bonchev–Trinajstić information content (AvgIpc) is 3.22. The molecule has 4 rings (SSSR count). The van der Waals surface area contributed by atoms with Gasteiger partial charge >= 0.3 is 0 Å². The van der Waals surface area contributed by atoms with Gasteiger partial charge in [-0.3, -0.25) is 9.69 Å². The fourth-order valence-electron chi connectivity index (χ4n) is 3.24. The first-order valence-corrected chi connectivity index (χ1v) is 9.55. The summed E-state index contributed by atoms with van der Waals surface area (Å²) in [6.07, 6.45) is 0. The van der Waals surface area contributed by atoms with Crippen LogP contribution in [0, 0.1) is 0 Å². The number of para-hydroxylation sites is 1. The zero-order chi connectivity index (χ0) is 21.8. The lowest BCUT2D eigenvalue weighted by Gasteiger charge is -2.24. The number of nitrogens with zero attached hydrogens (tertiary/aromatic N) is 5. The lowest BCUT2D eigenvalue weighted by atomic mass is 10.1. The second kappa shape index (κ2) is 8.93. The van der Waals surface area contributed by atoms with E-state index in [0.29, 0.717) is 54.2 Å². The number of nitrogens with two attached hydrogens (primary N) is 2. The second-order valence-electron chi connectivity index (χ2n) is 6.81. The number of primary amides is 1. The molecule has 1 aliphatic rings. The van der Waals surface area contributed by atoms with Gasteiger partial charge in [0.25, 0.3) is 5.91 Å². The number of hydrogen-bond acceptors (Lipinski definition) is 11. The van der Waals surface area contributed by atoms with Crippen LogP contribution in [-0.2, 0) is 11.3 Å². The molecule has 12 heteroatoms. The SMILES string of the molecule is COc1c(Nc2cc(N)nnc2C(N)=O)cccc1-c1noc(CN2CCOCC2)n1.